The minimum atomic E-state index is 0.851. The van der Waals surface area contributed by atoms with Crippen LogP contribution in [0.1, 0.15) is 0 Å². The lowest BCUT2D eigenvalue weighted by Gasteiger charge is -2.12. The number of para-hydroxylation sites is 1. The molecule has 116 valence electrons. The predicted octanol–water partition coefficient (Wildman–Crippen LogP) is 6.78. The summed E-state index contributed by atoms with van der Waals surface area (Å²) in [5.74, 6) is 1.74. The normalized spacial score (nSPS) is 10.7. The standard InChI is InChI=1S/C22H16OS/c1-3-11-18(12-4-1)23-20-15-7-9-17-10-8-16-21(22(17)20)24-19-13-5-2-6-14-19/h1-16H. The molecule has 0 aliphatic rings. The Bertz CT molecular complexity index is 873. The molecule has 0 N–H and O–H groups in total. The van der Waals surface area contributed by atoms with Gasteiger partial charge in [0.05, 0.1) is 0 Å². The average Bonchev–Trinajstić information content (AvgIpc) is 2.64. The second-order valence-corrected chi connectivity index (χ2v) is 6.56. The number of ether oxygens (including phenoxy) is 1. The Morgan fingerprint density at radius 2 is 1.25 bits per heavy atom. The Balaban J connectivity index is 1.79. The van der Waals surface area contributed by atoms with Crippen molar-refractivity contribution in [3.05, 3.63) is 97.1 Å². The van der Waals surface area contributed by atoms with Crippen molar-refractivity contribution in [3.63, 3.8) is 0 Å². The summed E-state index contributed by atoms with van der Waals surface area (Å²) in [4.78, 5) is 2.42. The van der Waals surface area contributed by atoms with Gasteiger partial charge in [-0.3, -0.25) is 0 Å². The molecule has 4 aromatic rings. The van der Waals surface area contributed by atoms with Gasteiger partial charge in [0.2, 0.25) is 0 Å². The number of hydrogen-bond acceptors (Lipinski definition) is 2. The Morgan fingerprint density at radius 1 is 0.583 bits per heavy atom. The third-order valence-corrected chi connectivity index (χ3v) is 4.84. The second kappa shape index (κ2) is 6.81. The molecule has 0 spiro atoms. The SMILES string of the molecule is c1ccc(Oc2cccc3cccc(Sc4ccccc4)c23)cc1. The molecule has 0 atom stereocenters. The molecular formula is C22H16OS. The summed E-state index contributed by atoms with van der Waals surface area (Å²) in [6.45, 7) is 0. The van der Waals surface area contributed by atoms with Crippen molar-refractivity contribution in [1.29, 1.82) is 0 Å². The van der Waals surface area contributed by atoms with Gasteiger partial charge in [0, 0.05) is 15.2 Å². The van der Waals surface area contributed by atoms with Gasteiger partial charge >= 0.3 is 0 Å². The minimum Gasteiger partial charge on any atom is -0.457 e. The van der Waals surface area contributed by atoms with Gasteiger partial charge in [-0.05, 0) is 41.8 Å². The predicted molar refractivity (Wildman–Crippen MR) is 101 cm³/mol. The van der Waals surface area contributed by atoms with E-state index in [0.717, 1.165) is 16.9 Å². The molecule has 2 heteroatoms. The molecule has 0 aromatic heterocycles. The zero-order valence-electron chi connectivity index (χ0n) is 13.1. The molecule has 0 saturated carbocycles. The van der Waals surface area contributed by atoms with Crippen LogP contribution in [-0.2, 0) is 0 Å². The number of benzene rings is 4. The van der Waals surface area contributed by atoms with E-state index in [2.05, 4.69) is 48.5 Å². The highest BCUT2D eigenvalue weighted by atomic mass is 32.2. The lowest BCUT2D eigenvalue weighted by Crippen LogP contribution is -1.87. The van der Waals surface area contributed by atoms with Crippen LogP contribution in [0.3, 0.4) is 0 Å². The monoisotopic (exact) mass is 328 g/mol. The minimum absolute atomic E-state index is 0.851. The fraction of sp³-hybridized carbons (Fsp3) is 0. The van der Waals surface area contributed by atoms with Crippen molar-refractivity contribution < 1.29 is 4.74 Å². The lowest BCUT2D eigenvalue weighted by atomic mass is 10.1. The Morgan fingerprint density at radius 3 is 2.00 bits per heavy atom. The fourth-order valence-electron chi connectivity index (χ4n) is 2.67. The Labute approximate surface area is 145 Å². The molecule has 4 aromatic carbocycles. The van der Waals surface area contributed by atoms with Gasteiger partial charge in [-0.2, -0.15) is 0 Å². The van der Waals surface area contributed by atoms with Crippen LogP contribution >= 0.6 is 11.8 Å². The van der Waals surface area contributed by atoms with Crippen LogP contribution < -0.4 is 4.74 Å². The van der Waals surface area contributed by atoms with Crippen molar-refractivity contribution in [1.82, 2.24) is 0 Å². The van der Waals surface area contributed by atoms with Gasteiger partial charge in [0.1, 0.15) is 11.5 Å². The third-order valence-electron chi connectivity index (χ3n) is 3.77. The number of fused-ring (bicyclic) bond motifs is 1. The second-order valence-electron chi connectivity index (χ2n) is 5.44. The largest absolute Gasteiger partial charge is 0.457 e. The van der Waals surface area contributed by atoms with Gasteiger partial charge in [0.25, 0.3) is 0 Å². The van der Waals surface area contributed by atoms with Crippen LogP contribution in [0.15, 0.2) is 107 Å². The molecule has 0 saturated heterocycles. The molecule has 0 fully saturated rings. The van der Waals surface area contributed by atoms with Crippen LogP contribution in [0.25, 0.3) is 10.8 Å². The summed E-state index contributed by atoms with van der Waals surface area (Å²) in [6.07, 6.45) is 0. The summed E-state index contributed by atoms with van der Waals surface area (Å²) in [7, 11) is 0. The van der Waals surface area contributed by atoms with Crippen molar-refractivity contribution in [2.45, 2.75) is 9.79 Å². The fourth-order valence-corrected chi connectivity index (χ4v) is 3.69. The molecule has 0 aliphatic carbocycles. The maximum absolute atomic E-state index is 6.16. The van der Waals surface area contributed by atoms with Crippen molar-refractivity contribution in [2.24, 2.45) is 0 Å². The van der Waals surface area contributed by atoms with E-state index in [1.54, 1.807) is 11.8 Å². The quantitative estimate of drug-likeness (QED) is 0.408. The molecule has 24 heavy (non-hydrogen) atoms. The van der Waals surface area contributed by atoms with Crippen LogP contribution in [0.5, 0.6) is 11.5 Å². The van der Waals surface area contributed by atoms with Crippen LogP contribution in [0.4, 0.5) is 0 Å². The smallest absolute Gasteiger partial charge is 0.136 e. The van der Waals surface area contributed by atoms with E-state index in [0.29, 0.717) is 0 Å². The summed E-state index contributed by atoms with van der Waals surface area (Å²) < 4.78 is 6.16. The van der Waals surface area contributed by atoms with E-state index >= 15 is 0 Å². The van der Waals surface area contributed by atoms with Gasteiger partial charge in [-0.1, -0.05) is 72.4 Å². The molecule has 4 rings (SSSR count). The highest BCUT2D eigenvalue weighted by molar-refractivity contribution is 7.99. The number of hydrogen-bond donors (Lipinski definition) is 0. The van der Waals surface area contributed by atoms with Crippen molar-refractivity contribution >= 4 is 22.5 Å². The van der Waals surface area contributed by atoms with Crippen LogP contribution in [0.2, 0.25) is 0 Å². The molecule has 0 bridgehead atoms. The first-order chi connectivity index (χ1) is 11.9. The van der Waals surface area contributed by atoms with Gasteiger partial charge < -0.3 is 4.74 Å². The first kappa shape index (κ1) is 14.9. The molecule has 0 heterocycles. The van der Waals surface area contributed by atoms with Crippen LogP contribution in [-0.4, -0.2) is 0 Å². The van der Waals surface area contributed by atoms with Gasteiger partial charge in [-0.25, -0.2) is 0 Å². The van der Waals surface area contributed by atoms with Gasteiger partial charge in [0.15, 0.2) is 0 Å². The van der Waals surface area contributed by atoms with Crippen LogP contribution in [0, 0.1) is 0 Å². The highest BCUT2D eigenvalue weighted by Gasteiger charge is 2.09. The lowest BCUT2D eigenvalue weighted by molar-refractivity contribution is 0.487. The maximum Gasteiger partial charge on any atom is 0.136 e. The summed E-state index contributed by atoms with van der Waals surface area (Å²) in [6, 6.07) is 32.9. The van der Waals surface area contributed by atoms with Crippen molar-refractivity contribution in [3.8, 4) is 11.5 Å². The molecule has 0 aliphatic heterocycles. The van der Waals surface area contributed by atoms with E-state index in [4.69, 9.17) is 4.74 Å². The Hall–Kier alpha value is -2.71. The molecule has 0 radical (unpaired) electrons. The van der Waals surface area contributed by atoms with E-state index in [9.17, 15) is 0 Å². The zero-order chi connectivity index (χ0) is 16.2. The maximum atomic E-state index is 6.16. The highest BCUT2D eigenvalue weighted by Crippen LogP contribution is 2.39. The van der Waals surface area contributed by atoms with E-state index in [1.165, 1.54) is 15.2 Å². The Kier molecular flexibility index (Phi) is 4.22. The summed E-state index contributed by atoms with van der Waals surface area (Å²) >= 11 is 1.76. The summed E-state index contributed by atoms with van der Waals surface area (Å²) in [5, 5.41) is 2.34. The molecule has 0 unspecified atom stereocenters. The third kappa shape index (κ3) is 3.15. The van der Waals surface area contributed by atoms with E-state index in [-0.39, 0.29) is 0 Å². The summed E-state index contributed by atoms with van der Waals surface area (Å²) in [5.41, 5.74) is 0. The molecule has 0 amide bonds. The van der Waals surface area contributed by atoms with Gasteiger partial charge in [-0.15, -0.1) is 0 Å². The molecular weight excluding hydrogens is 312 g/mol. The topological polar surface area (TPSA) is 9.23 Å². The zero-order valence-corrected chi connectivity index (χ0v) is 13.9. The molecule has 1 nitrogen and oxygen atoms in total. The first-order valence-corrected chi connectivity index (χ1v) is 8.69. The van der Waals surface area contributed by atoms with E-state index < -0.39 is 0 Å². The number of rotatable bonds is 4. The van der Waals surface area contributed by atoms with Crippen molar-refractivity contribution in [2.75, 3.05) is 0 Å². The van der Waals surface area contributed by atoms with E-state index in [1.807, 2.05) is 48.5 Å². The average molecular weight is 328 g/mol. The first-order valence-electron chi connectivity index (χ1n) is 7.88.